The maximum atomic E-state index is 12.8. The van der Waals surface area contributed by atoms with Gasteiger partial charge in [0.2, 0.25) is 0 Å². The average molecular weight is 275 g/mol. The number of alkyl halides is 3. The molecule has 0 spiro atoms. The van der Waals surface area contributed by atoms with Crippen LogP contribution in [-0.2, 0) is 6.54 Å². The SMILES string of the molecule is Cc1nc2sccn2c1CNC1(C(F)(F)F)CC1. The van der Waals surface area contributed by atoms with Gasteiger partial charge in [0.25, 0.3) is 0 Å². The van der Waals surface area contributed by atoms with E-state index in [1.54, 1.807) is 0 Å². The lowest BCUT2D eigenvalue weighted by Crippen LogP contribution is -2.44. The van der Waals surface area contributed by atoms with Gasteiger partial charge in [0, 0.05) is 18.1 Å². The molecule has 1 N–H and O–H groups in total. The summed E-state index contributed by atoms with van der Waals surface area (Å²) in [6.45, 7) is 2.02. The van der Waals surface area contributed by atoms with Crippen LogP contribution in [0.1, 0.15) is 24.2 Å². The van der Waals surface area contributed by atoms with Crippen LogP contribution in [0.4, 0.5) is 13.2 Å². The predicted molar refractivity (Wildman–Crippen MR) is 62.7 cm³/mol. The lowest BCUT2D eigenvalue weighted by Gasteiger charge is -2.20. The molecule has 1 aliphatic rings. The number of aromatic nitrogens is 2. The lowest BCUT2D eigenvalue weighted by atomic mass is 10.2. The van der Waals surface area contributed by atoms with E-state index < -0.39 is 11.7 Å². The van der Waals surface area contributed by atoms with Gasteiger partial charge in [0.1, 0.15) is 5.54 Å². The third-order valence-electron chi connectivity index (χ3n) is 3.45. The number of hydrogen-bond acceptors (Lipinski definition) is 3. The Morgan fingerprint density at radius 3 is 2.83 bits per heavy atom. The summed E-state index contributed by atoms with van der Waals surface area (Å²) in [5.74, 6) is 0. The van der Waals surface area contributed by atoms with E-state index in [1.165, 1.54) is 11.3 Å². The summed E-state index contributed by atoms with van der Waals surface area (Å²) in [5.41, 5.74) is -0.0753. The number of nitrogens with zero attached hydrogens (tertiary/aromatic N) is 2. The molecule has 0 saturated heterocycles. The maximum Gasteiger partial charge on any atom is 0.406 e. The Labute approximate surface area is 106 Å². The summed E-state index contributed by atoms with van der Waals surface area (Å²) in [7, 11) is 0. The van der Waals surface area contributed by atoms with Gasteiger partial charge < -0.3 is 0 Å². The van der Waals surface area contributed by atoms with E-state index in [0.29, 0.717) is 0 Å². The van der Waals surface area contributed by atoms with Crippen molar-refractivity contribution in [1.82, 2.24) is 14.7 Å². The summed E-state index contributed by atoms with van der Waals surface area (Å²) in [4.78, 5) is 5.14. The number of halogens is 3. The molecule has 2 aromatic rings. The summed E-state index contributed by atoms with van der Waals surface area (Å²) in [6, 6.07) is 0. The third kappa shape index (κ3) is 1.73. The van der Waals surface area contributed by atoms with Crippen molar-refractivity contribution in [2.45, 2.75) is 38.0 Å². The smallest absolute Gasteiger partial charge is 0.298 e. The minimum absolute atomic E-state index is 0.168. The maximum absolute atomic E-state index is 12.8. The molecular weight excluding hydrogens is 263 g/mol. The van der Waals surface area contributed by atoms with Gasteiger partial charge >= 0.3 is 6.18 Å². The first-order chi connectivity index (χ1) is 8.43. The molecule has 1 saturated carbocycles. The Kier molecular flexibility index (Phi) is 2.47. The highest BCUT2D eigenvalue weighted by Gasteiger charge is 2.63. The highest BCUT2D eigenvalue weighted by Crippen LogP contribution is 2.49. The summed E-state index contributed by atoms with van der Waals surface area (Å²) in [6.07, 6.45) is -1.99. The fourth-order valence-electron chi connectivity index (χ4n) is 2.09. The first-order valence-corrected chi connectivity index (χ1v) is 6.54. The van der Waals surface area contributed by atoms with Crippen molar-refractivity contribution in [2.24, 2.45) is 0 Å². The normalized spacial score (nSPS) is 18.4. The second kappa shape index (κ2) is 3.71. The number of fused-ring (bicyclic) bond motifs is 1. The van der Waals surface area contributed by atoms with Gasteiger partial charge in [0.05, 0.1) is 11.4 Å². The van der Waals surface area contributed by atoms with Crippen LogP contribution in [-0.4, -0.2) is 21.1 Å². The van der Waals surface area contributed by atoms with Crippen LogP contribution in [0.5, 0.6) is 0 Å². The van der Waals surface area contributed by atoms with Crippen molar-refractivity contribution in [1.29, 1.82) is 0 Å². The highest BCUT2D eigenvalue weighted by molar-refractivity contribution is 7.15. The van der Waals surface area contributed by atoms with Crippen LogP contribution in [0.25, 0.3) is 4.96 Å². The summed E-state index contributed by atoms with van der Waals surface area (Å²) < 4.78 is 40.2. The van der Waals surface area contributed by atoms with Crippen LogP contribution in [0.3, 0.4) is 0 Å². The Hall–Kier alpha value is -1.08. The van der Waals surface area contributed by atoms with Crippen molar-refractivity contribution in [3.63, 3.8) is 0 Å². The van der Waals surface area contributed by atoms with Crippen LogP contribution < -0.4 is 5.32 Å². The molecule has 0 unspecified atom stereocenters. The number of nitrogens with one attached hydrogen (secondary N) is 1. The number of rotatable bonds is 3. The van der Waals surface area contributed by atoms with E-state index >= 15 is 0 Å². The van der Waals surface area contributed by atoms with E-state index in [-0.39, 0.29) is 19.4 Å². The zero-order chi connectivity index (χ0) is 13.0. The molecule has 2 heterocycles. The van der Waals surface area contributed by atoms with E-state index in [4.69, 9.17) is 0 Å². The minimum atomic E-state index is -4.17. The summed E-state index contributed by atoms with van der Waals surface area (Å²) in [5, 5.41) is 4.53. The van der Waals surface area contributed by atoms with Gasteiger partial charge in [-0.05, 0) is 19.8 Å². The van der Waals surface area contributed by atoms with Crippen LogP contribution in [0.2, 0.25) is 0 Å². The van der Waals surface area contributed by atoms with Gasteiger partial charge in [0.15, 0.2) is 4.96 Å². The Balaban J connectivity index is 1.81. The number of aryl methyl sites for hydroxylation is 1. The first-order valence-electron chi connectivity index (χ1n) is 5.66. The highest BCUT2D eigenvalue weighted by atomic mass is 32.1. The zero-order valence-corrected chi connectivity index (χ0v) is 10.5. The first kappa shape index (κ1) is 12.0. The van der Waals surface area contributed by atoms with E-state index in [1.807, 2.05) is 22.9 Å². The average Bonchev–Trinajstić information content (AvgIpc) is 2.85. The Morgan fingerprint density at radius 1 is 1.50 bits per heavy atom. The monoisotopic (exact) mass is 275 g/mol. The summed E-state index contributed by atoms with van der Waals surface area (Å²) >= 11 is 1.48. The standard InChI is InChI=1S/C11H12F3N3S/c1-7-8(17-4-5-18-9(17)16-7)6-15-10(2-3-10)11(12,13)14/h4-5,15H,2-3,6H2,1H3. The molecule has 7 heteroatoms. The quantitative estimate of drug-likeness (QED) is 0.933. The van der Waals surface area contributed by atoms with Crippen molar-refractivity contribution in [3.8, 4) is 0 Å². The number of hydrogen-bond donors (Lipinski definition) is 1. The van der Waals surface area contributed by atoms with E-state index in [2.05, 4.69) is 10.3 Å². The Morgan fingerprint density at radius 2 is 2.22 bits per heavy atom. The molecule has 18 heavy (non-hydrogen) atoms. The lowest BCUT2D eigenvalue weighted by molar-refractivity contribution is -0.166. The fourth-order valence-corrected chi connectivity index (χ4v) is 2.87. The fraction of sp³-hybridized carbons (Fsp3) is 0.545. The zero-order valence-electron chi connectivity index (χ0n) is 9.71. The van der Waals surface area contributed by atoms with Crippen molar-refractivity contribution < 1.29 is 13.2 Å². The van der Waals surface area contributed by atoms with Gasteiger partial charge in [-0.1, -0.05) is 0 Å². The molecule has 0 atom stereocenters. The third-order valence-corrected chi connectivity index (χ3v) is 4.20. The number of thiazole rings is 1. The van der Waals surface area contributed by atoms with Gasteiger partial charge in [-0.25, -0.2) is 4.98 Å². The van der Waals surface area contributed by atoms with Gasteiger partial charge in [-0.3, -0.25) is 9.72 Å². The van der Waals surface area contributed by atoms with Crippen molar-refractivity contribution >= 4 is 16.3 Å². The minimum Gasteiger partial charge on any atom is -0.298 e. The second-order valence-corrected chi connectivity index (χ2v) is 5.51. The van der Waals surface area contributed by atoms with E-state index in [0.717, 1.165) is 16.3 Å². The predicted octanol–water partition coefficient (Wildman–Crippen LogP) is 2.89. The molecule has 3 rings (SSSR count). The van der Waals surface area contributed by atoms with Crippen LogP contribution >= 0.6 is 11.3 Å². The van der Waals surface area contributed by atoms with Crippen molar-refractivity contribution in [3.05, 3.63) is 23.0 Å². The van der Waals surface area contributed by atoms with Gasteiger partial charge in [-0.15, -0.1) is 11.3 Å². The van der Waals surface area contributed by atoms with Crippen LogP contribution in [0.15, 0.2) is 11.6 Å². The molecule has 0 radical (unpaired) electrons. The molecule has 1 aliphatic carbocycles. The van der Waals surface area contributed by atoms with Gasteiger partial charge in [-0.2, -0.15) is 13.2 Å². The molecule has 3 nitrogen and oxygen atoms in total. The molecular formula is C11H12F3N3S. The Bertz CT molecular complexity index is 580. The molecule has 2 aromatic heterocycles. The topological polar surface area (TPSA) is 29.3 Å². The second-order valence-electron chi connectivity index (χ2n) is 4.63. The molecule has 1 fully saturated rings. The largest absolute Gasteiger partial charge is 0.406 e. The van der Waals surface area contributed by atoms with E-state index in [9.17, 15) is 13.2 Å². The van der Waals surface area contributed by atoms with Crippen LogP contribution in [0, 0.1) is 6.92 Å². The number of imidazole rings is 1. The van der Waals surface area contributed by atoms with Crippen molar-refractivity contribution in [2.75, 3.05) is 0 Å². The molecule has 0 aromatic carbocycles. The molecule has 98 valence electrons. The molecule has 0 amide bonds. The molecule has 0 bridgehead atoms. The molecule has 0 aliphatic heterocycles.